The minimum Gasteiger partial charge on any atom is -0.481 e. The number of aryl methyl sites for hydroxylation is 1. The highest BCUT2D eigenvalue weighted by atomic mass is 32.1. The number of carbonyl (C=O) groups is 1. The molecule has 1 saturated heterocycles. The van der Waals surface area contributed by atoms with Crippen molar-refractivity contribution in [3.05, 3.63) is 82.8 Å². The molecule has 1 aromatic heterocycles. The van der Waals surface area contributed by atoms with Crippen molar-refractivity contribution >= 4 is 27.4 Å². The maximum atomic E-state index is 11.4. The second-order valence-electron chi connectivity index (χ2n) is 8.79. The molecule has 1 aliphatic heterocycles. The van der Waals surface area contributed by atoms with E-state index in [1.807, 2.05) is 6.92 Å². The van der Waals surface area contributed by atoms with Crippen LogP contribution in [0.15, 0.2) is 66.1 Å². The van der Waals surface area contributed by atoms with Crippen LogP contribution >= 0.6 is 11.3 Å². The van der Waals surface area contributed by atoms with E-state index in [1.54, 1.807) is 11.3 Å². The number of aliphatic carboxylic acids is 1. The van der Waals surface area contributed by atoms with Gasteiger partial charge in [-0.2, -0.15) is 0 Å². The van der Waals surface area contributed by atoms with Gasteiger partial charge in [0.1, 0.15) is 0 Å². The van der Waals surface area contributed by atoms with E-state index >= 15 is 0 Å². The molecular weight excluding hydrogens is 414 g/mol. The lowest BCUT2D eigenvalue weighted by molar-refractivity contribution is -0.138. The SMILES string of the molecule is C=C(C)C#C[C@H](c1csc2ccccc12)N1CC[C@@H](CC(=O)O)C[C@H]1c1ccc(C)cc1. The quantitative estimate of drug-likeness (QED) is 0.443. The Morgan fingerprint density at radius 3 is 2.72 bits per heavy atom. The number of hydrogen-bond acceptors (Lipinski definition) is 3. The Labute approximate surface area is 194 Å². The Bertz CT molecular complexity index is 1180. The van der Waals surface area contributed by atoms with Crippen LogP contribution in [0.5, 0.6) is 0 Å². The molecule has 1 N–H and O–H groups in total. The minimum atomic E-state index is -0.714. The third-order valence-electron chi connectivity index (χ3n) is 6.24. The van der Waals surface area contributed by atoms with Crippen LogP contribution in [-0.4, -0.2) is 22.5 Å². The van der Waals surface area contributed by atoms with E-state index in [2.05, 4.69) is 84.2 Å². The first kappa shape index (κ1) is 22.3. The van der Waals surface area contributed by atoms with E-state index in [4.69, 9.17) is 0 Å². The molecular formula is C28H29NO2S. The van der Waals surface area contributed by atoms with Crippen LogP contribution in [0.2, 0.25) is 0 Å². The molecule has 1 aliphatic rings. The second kappa shape index (κ2) is 9.73. The third kappa shape index (κ3) is 4.96. The maximum absolute atomic E-state index is 11.4. The Morgan fingerprint density at radius 2 is 2.00 bits per heavy atom. The highest BCUT2D eigenvalue weighted by Gasteiger charge is 2.35. The van der Waals surface area contributed by atoms with Crippen molar-refractivity contribution in [2.45, 2.75) is 45.2 Å². The normalized spacial score (nSPS) is 19.8. The Morgan fingerprint density at radius 1 is 1.25 bits per heavy atom. The number of carboxylic acid groups (broad SMARTS) is 1. The van der Waals surface area contributed by atoms with E-state index in [0.29, 0.717) is 0 Å². The molecule has 3 nitrogen and oxygen atoms in total. The van der Waals surface area contributed by atoms with E-state index in [-0.39, 0.29) is 24.4 Å². The number of thiophene rings is 1. The van der Waals surface area contributed by atoms with Crippen LogP contribution in [0, 0.1) is 24.7 Å². The van der Waals surface area contributed by atoms with E-state index in [9.17, 15) is 9.90 Å². The van der Waals surface area contributed by atoms with Crippen LogP contribution in [0.3, 0.4) is 0 Å². The molecule has 0 radical (unpaired) electrons. The number of nitrogens with zero attached hydrogens (tertiary/aromatic N) is 1. The molecule has 1 fully saturated rings. The molecule has 0 bridgehead atoms. The van der Waals surface area contributed by atoms with Gasteiger partial charge in [-0.3, -0.25) is 9.69 Å². The van der Waals surface area contributed by atoms with Crippen molar-refractivity contribution in [2.24, 2.45) is 5.92 Å². The van der Waals surface area contributed by atoms with Gasteiger partial charge in [-0.15, -0.1) is 11.3 Å². The molecule has 0 amide bonds. The molecule has 0 aliphatic carbocycles. The Kier molecular flexibility index (Phi) is 6.79. The third-order valence-corrected chi connectivity index (χ3v) is 7.22. The fourth-order valence-electron chi connectivity index (χ4n) is 4.65. The first-order valence-corrected chi connectivity index (χ1v) is 12.0. The summed E-state index contributed by atoms with van der Waals surface area (Å²) < 4.78 is 1.26. The average molecular weight is 444 g/mol. The topological polar surface area (TPSA) is 40.5 Å². The van der Waals surface area contributed by atoms with Gasteiger partial charge in [0.2, 0.25) is 0 Å². The van der Waals surface area contributed by atoms with Crippen molar-refractivity contribution in [1.29, 1.82) is 0 Å². The lowest BCUT2D eigenvalue weighted by Gasteiger charge is -2.42. The van der Waals surface area contributed by atoms with E-state index < -0.39 is 5.97 Å². The molecule has 164 valence electrons. The molecule has 3 atom stereocenters. The zero-order valence-corrected chi connectivity index (χ0v) is 19.5. The maximum Gasteiger partial charge on any atom is 0.303 e. The van der Waals surface area contributed by atoms with Crippen LogP contribution in [0.1, 0.15) is 55.0 Å². The summed E-state index contributed by atoms with van der Waals surface area (Å²) in [5.74, 6) is 6.22. The predicted octanol–water partition coefficient (Wildman–Crippen LogP) is 6.76. The number of rotatable bonds is 5. The Hall–Kier alpha value is -2.87. The molecule has 2 heterocycles. The molecule has 0 spiro atoms. The summed E-state index contributed by atoms with van der Waals surface area (Å²) in [6.45, 7) is 8.84. The monoisotopic (exact) mass is 443 g/mol. The highest BCUT2D eigenvalue weighted by Crippen LogP contribution is 2.43. The lowest BCUT2D eigenvalue weighted by atomic mass is 9.83. The standard InChI is InChI=1S/C28H29NO2S/c1-19(2)8-13-25(24-18-32-27-7-5-4-6-23(24)27)29-15-14-21(17-28(30)31)16-26(29)22-11-9-20(3)10-12-22/h4-7,9-12,18,21,25-26H,1,14-17H2,2-3H3,(H,30,31)/t21-,25-,26+/m1/s1. The van der Waals surface area contributed by atoms with E-state index in [0.717, 1.165) is 25.0 Å². The van der Waals surface area contributed by atoms with Gasteiger partial charge in [0.25, 0.3) is 0 Å². The van der Waals surface area contributed by atoms with Crippen molar-refractivity contribution in [3.63, 3.8) is 0 Å². The summed E-state index contributed by atoms with van der Waals surface area (Å²) in [7, 11) is 0. The molecule has 2 aromatic carbocycles. The fraction of sp³-hybridized carbons (Fsp3) is 0.321. The van der Waals surface area contributed by atoms with E-state index in [1.165, 1.54) is 26.8 Å². The molecule has 0 saturated carbocycles. The summed E-state index contributed by atoms with van der Waals surface area (Å²) in [6.07, 6.45) is 1.91. The summed E-state index contributed by atoms with van der Waals surface area (Å²) in [5.41, 5.74) is 4.53. The van der Waals surface area contributed by atoms with Gasteiger partial charge in [-0.1, -0.05) is 66.4 Å². The average Bonchev–Trinajstić information content (AvgIpc) is 3.19. The summed E-state index contributed by atoms with van der Waals surface area (Å²) in [6, 6.07) is 17.2. The Balaban J connectivity index is 1.78. The largest absolute Gasteiger partial charge is 0.481 e. The summed E-state index contributed by atoms with van der Waals surface area (Å²) >= 11 is 1.75. The van der Waals surface area contributed by atoms with Crippen LogP contribution in [0.25, 0.3) is 10.1 Å². The first-order valence-electron chi connectivity index (χ1n) is 11.1. The summed E-state index contributed by atoms with van der Waals surface area (Å²) in [4.78, 5) is 13.9. The van der Waals surface area contributed by atoms with Crippen molar-refractivity contribution in [2.75, 3.05) is 6.54 Å². The van der Waals surface area contributed by atoms with Gasteiger partial charge in [-0.25, -0.2) is 0 Å². The van der Waals surface area contributed by atoms with Gasteiger partial charge in [0.05, 0.1) is 6.04 Å². The molecule has 32 heavy (non-hydrogen) atoms. The zero-order valence-electron chi connectivity index (χ0n) is 18.7. The number of carboxylic acids is 1. The van der Waals surface area contributed by atoms with Crippen LogP contribution in [0.4, 0.5) is 0 Å². The number of benzene rings is 2. The number of hydrogen-bond donors (Lipinski definition) is 1. The minimum absolute atomic E-state index is 0.0695. The van der Waals surface area contributed by atoms with Gasteiger partial charge in [0.15, 0.2) is 0 Å². The molecule has 4 rings (SSSR count). The number of fused-ring (bicyclic) bond motifs is 1. The lowest BCUT2D eigenvalue weighted by Crippen LogP contribution is -2.39. The molecule has 4 heteroatoms. The predicted molar refractivity (Wildman–Crippen MR) is 133 cm³/mol. The second-order valence-corrected chi connectivity index (χ2v) is 9.70. The van der Waals surface area contributed by atoms with Gasteiger partial charge in [0, 0.05) is 23.7 Å². The van der Waals surface area contributed by atoms with Crippen LogP contribution < -0.4 is 0 Å². The number of piperidine rings is 1. The highest BCUT2D eigenvalue weighted by molar-refractivity contribution is 7.17. The van der Waals surface area contributed by atoms with Crippen molar-refractivity contribution in [3.8, 4) is 11.8 Å². The van der Waals surface area contributed by atoms with Crippen LogP contribution in [-0.2, 0) is 4.79 Å². The molecule has 0 unspecified atom stereocenters. The smallest absolute Gasteiger partial charge is 0.303 e. The summed E-state index contributed by atoms with van der Waals surface area (Å²) in [5, 5.41) is 12.9. The first-order chi connectivity index (χ1) is 15.4. The van der Waals surface area contributed by atoms with Gasteiger partial charge < -0.3 is 5.11 Å². The zero-order chi connectivity index (χ0) is 22.7. The van der Waals surface area contributed by atoms with Gasteiger partial charge >= 0.3 is 5.97 Å². The number of likely N-dealkylation sites (tertiary alicyclic amines) is 1. The van der Waals surface area contributed by atoms with Crippen molar-refractivity contribution < 1.29 is 9.90 Å². The molecule has 3 aromatic rings. The number of allylic oxidation sites excluding steroid dienone is 1. The fourth-order valence-corrected chi connectivity index (χ4v) is 5.63. The van der Waals surface area contributed by atoms with Gasteiger partial charge in [-0.05, 0) is 66.1 Å². The van der Waals surface area contributed by atoms with Crippen molar-refractivity contribution in [1.82, 2.24) is 4.90 Å².